The molecular formula is C16H29N3O. The number of aromatic nitrogens is 2. The van der Waals surface area contributed by atoms with Gasteiger partial charge in [-0.3, -0.25) is 0 Å². The van der Waals surface area contributed by atoms with Gasteiger partial charge in [0, 0.05) is 26.0 Å². The Kier molecular flexibility index (Phi) is 4.55. The van der Waals surface area contributed by atoms with Gasteiger partial charge >= 0.3 is 0 Å². The SMILES string of the molecule is CCOC1(C(NC)c2nccn2C)CCC(C)(C)CC1. The molecule has 0 bridgehead atoms. The van der Waals surface area contributed by atoms with Gasteiger partial charge in [0.25, 0.3) is 0 Å². The van der Waals surface area contributed by atoms with Gasteiger partial charge in [0.15, 0.2) is 0 Å². The Balaban J connectivity index is 2.29. The van der Waals surface area contributed by atoms with Gasteiger partial charge in [-0.25, -0.2) is 4.98 Å². The Morgan fingerprint density at radius 2 is 2.00 bits per heavy atom. The molecule has 20 heavy (non-hydrogen) atoms. The van der Waals surface area contributed by atoms with Crippen molar-refractivity contribution in [2.24, 2.45) is 12.5 Å². The van der Waals surface area contributed by atoms with Crippen molar-refractivity contribution in [2.45, 2.75) is 58.1 Å². The third-order valence-electron chi connectivity index (χ3n) is 4.81. The standard InChI is InChI=1S/C16H29N3O/c1-6-20-16(9-7-15(2,3)8-10-16)13(17-4)14-18-11-12-19(14)5/h11-13,17H,6-10H2,1-5H3. The Bertz CT molecular complexity index is 429. The molecule has 4 heteroatoms. The van der Waals surface area contributed by atoms with E-state index < -0.39 is 0 Å². The fourth-order valence-corrected chi connectivity index (χ4v) is 3.44. The Morgan fingerprint density at radius 3 is 2.45 bits per heavy atom. The van der Waals surface area contributed by atoms with Crippen LogP contribution < -0.4 is 5.32 Å². The molecule has 1 aromatic rings. The van der Waals surface area contributed by atoms with E-state index in [1.54, 1.807) is 0 Å². The van der Waals surface area contributed by atoms with E-state index in [0.717, 1.165) is 25.3 Å². The topological polar surface area (TPSA) is 39.1 Å². The van der Waals surface area contributed by atoms with E-state index in [2.05, 4.69) is 42.7 Å². The average Bonchev–Trinajstić information content (AvgIpc) is 2.81. The summed E-state index contributed by atoms with van der Waals surface area (Å²) in [5.41, 5.74) is 0.304. The predicted molar refractivity (Wildman–Crippen MR) is 81.6 cm³/mol. The summed E-state index contributed by atoms with van der Waals surface area (Å²) in [5.74, 6) is 1.07. The van der Waals surface area contributed by atoms with Crippen LogP contribution in [0.5, 0.6) is 0 Å². The summed E-state index contributed by atoms with van der Waals surface area (Å²) < 4.78 is 8.38. The van der Waals surface area contributed by atoms with Crippen molar-refractivity contribution in [2.75, 3.05) is 13.7 Å². The molecule has 0 spiro atoms. The van der Waals surface area contributed by atoms with Crippen LogP contribution in [0, 0.1) is 5.41 Å². The molecule has 1 atom stereocenters. The minimum Gasteiger partial charge on any atom is -0.373 e. The van der Waals surface area contributed by atoms with Crippen molar-refractivity contribution in [1.82, 2.24) is 14.9 Å². The number of imidazole rings is 1. The molecule has 1 aliphatic carbocycles. The largest absolute Gasteiger partial charge is 0.373 e. The van der Waals surface area contributed by atoms with Gasteiger partial charge in [-0.2, -0.15) is 0 Å². The molecule has 0 aromatic carbocycles. The number of rotatable bonds is 5. The minimum absolute atomic E-state index is 0.127. The highest BCUT2D eigenvalue weighted by atomic mass is 16.5. The van der Waals surface area contributed by atoms with Crippen molar-refractivity contribution < 1.29 is 4.74 Å². The molecule has 4 nitrogen and oxygen atoms in total. The first-order valence-electron chi connectivity index (χ1n) is 7.72. The second-order valence-electron chi connectivity index (χ2n) is 6.78. The Labute approximate surface area is 122 Å². The Hall–Kier alpha value is -0.870. The van der Waals surface area contributed by atoms with Crippen molar-refractivity contribution in [3.8, 4) is 0 Å². The van der Waals surface area contributed by atoms with E-state index in [-0.39, 0.29) is 11.6 Å². The number of ether oxygens (including phenoxy) is 1. The monoisotopic (exact) mass is 279 g/mol. The third kappa shape index (κ3) is 2.91. The molecule has 0 amide bonds. The number of nitrogens with one attached hydrogen (secondary N) is 1. The summed E-state index contributed by atoms with van der Waals surface area (Å²) in [4.78, 5) is 4.55. The second-order valence-corrected chi connectivity index (χ2v) is 6.78. The van der Waals surface area contributed by atoms with Crippen LogP contribution in [0.2, 0.25) is 0 Å². The van der Waals surface area contributed by atoms with Crippen molar-refractivity contribution in [1.29, 1.82) is 0 Å². The van der Waals surface area contributed by atoms with Crippen molar-refractivity contribution in [3.05, 3.63) is 18.2 Å². The fourth-order valence-electron chi connectivity index (χ4n) is 3.44. The first-order valence-corrected chi connectivity index (χ1v) is 7.72. The van der Waals surface area contributed by atoms with Crippen LogP contribution in [0.3, 0.4) is 0 Å². The van der Waals surface area contributed by atoms with E-state index in [9.17, 15) is 0 Å². The van der Waals surface area contributed by atoms with Crippen LogP contribution in [0.4, 0.5) is 0 Å². The third-order valence-corrected chi connectivity index (χ3v) is 4.81. The molecule has 1 fully saturated rings. The quantitative estimate of drug-likeness (QED) is 0.900. The van der Waals surface area contributed by atoms with Gasteiger partial charge in [-0.05, 0) is 45.1 Å². The highest BCUT2D eigenvalue weighted by Gasteiger charge is 2.46. The van der Waals surface area contributed by atoms with E-state index in [0.29, 0.717) is 5.41 Å². The number of nitrogens with zero attached hydrogens (tertiary/aromatic N) is 2. The van der Waals surface area contributed by atoms with Crippen LogP contribution in [-0.2, 0) is 11.8 Å². The fraction of sp³-hybridized carbons (Fsp3) is 0.812. The minimum atomic E-state index is -0.127. The molecular weight excluding hydrogens is 250 g/mol. The molecule has 1 aromatic heterocycles. The van der Waals surface area contributed by atoms with Gasteiger partial charge in [-0.1, -0.05) is 13.8 Å². The highest BCUT2D eigenvalue weighted by Crippen LogP contribution is 2.47. The van der Waals surface area contributed by atoms with E-state index >= 15 is 0 Å². The van der Waals surface area contributed by atoms with Gasteiger partial charge in [-0.15, -0.1) is 0 Å². The van der Waals surface area contributed by atoms with E-state index in [1.807, 2.05) is 19.4 Å². The first-order chi connectivity index (χ1) is 9.44. The van der Waals surface area contributed by atoms with Gasteiger partial charge in [0.2, 0.25) is 0 Å². The number of aryl methyl sites for hydroxylation is 1. The number of likely N-dealkylation sites (N-methyl/N-ethyl adjacent to an activating group) is 1. The lowest BCUT2D eigenvalue weighted by atomic mass is 9.68. The lowest BCUT2D eigenvalue weighted by molar-refractivity contribution is -0.108. The summed E-state index contributed by atoms with van der Waals surface area (Å²) >= 11 is 0. The first kappa shape index (κ1) is 15.5. The van der Waals surface area contributed by atoms with E-state index in [4.69, 9.17) is 4.74 Å². The van der Waals surface area contributed by atoms with Crippen LogP contribution in [0.15, 0.2) is 12.4 Å². The van der Waals surface area contributed by atoms with Crippen LogP contribution in [0.25, 0.3) is 0 Å². The van der Waals surface area contributed by atoms with Crippen LogP contribution >= 0.6 is 0 Å². The normalized spacial score (nSPS) is 22.6. The second kappa shape index (κ2) is 5.86. The highest BCUT2D eigenvalue weighted by molar-refractivity contribution is 5.09. The maximum atomic E-state index is 6.28. The summed E-state index contributed by atoms with van der Waals surface area (Å²) in [6.07, 6.45) is 8.46. The van der Waals surface area contributed by atoms with Crippen molar-refractivity contribution >= 4 is 0 Å². The molecule has 1 unspecified atom stereocenters. The molecule has 0 radical (unpaired) electrons. The molecule has 0 aliphatic heterocycles. The smallest absolute Gasteiger partial charge is 0.128 e. The molecule has 0 saturated heterocycles. The lowest BCUT2D eigenvalue weighted by Gasteiger charge is -2.47. The zero-order valence-electron chi connectivity index (χ0n) is 13.6. The summed E-state index contributed by atoms with van der Waals surface area (Å²) in [5, 5.41) is 3.46. The zero-order chi connectivity index (χ0) is 14.8. The van der Waals surface area contributed by atoms with Gasteiger partial charge in [0.1, 0.15) is 5.82 Å². The predicted octanol–water partition coefficient (Wildman–Crippen LogP) is 3.06. The molecule has 1 aliphatic rings. The Morgan fingerprint density at radius 1 is 1.35 bits per heavy atom. The van der Waals surface area contributed by atoms with Crippen LogP contribution in [-0.4, -0.2) is 28.8 Å². The summed E-state index contributed by atoms with van der Waals surface area (Å²) in [6, 6.07) is 0.151. The molecule has 2 rings (SSSR count). The maximum absolute atomic E-state index is 6.28. The molecule has 1 saturated carbocycles. The zero-order valence-corrected chi connectivity index (χ0v) is 13.6. The lowest BCUT2D eigenvalue weighted by Crippen LogP contribution is -2.49. The van der Waals surface area contributed by atoms with Gasteiger partial charge in [0.05, 0.1) is 11.6 Å². The van der Waals surface area contributed by atoms with E-state index in [1.165, 1.54) is 12.8 Å². The van der Waals surface area contributed by atoms with Gasteiger partial charge < -0.3 is 14.6 Å². The summed E-state index contributed by atoms with van der Waals surface area (Å²) in [6.45, 7) is 7.56. The van der Waals surface area contributed by atoms with Crippen molar-refractivity contribution in [3.63, 3.8) is 0 Å². The maximum Gasteiger partial charge on any atom is 0.128 e. The molecule has 1 heterocycles. The number of hydrogen-bond donors (Lipinski definition) is 1. The van der Waals surface area contributed by atoms with Crippen LogP contribution in [0.1, 0.15) is 58.3 Å². The molecule has 1 N–H and O–H groups in total. The molecule has 114 valence electrons. The average molecular weight is 279 g/mol. The summed E-state index contributed by atoms with van der Waals surface area (Å²) in [7, 11) is 4.07. The number of hydrogen-bond acceptors (Lipinski definition) is 3.